The zero-order valence-electron chi connectivity index (χ0n) is 59.1. The van der Waals surface area contributed by atoms with Gasteiger partial charge in [-0.1, -0.05) is 323 Å². The highest BCUT2D eigenvalue weighted by Gasteiger charge is 2.36. The number of hydrogen-bond donors (Lipinski definition) is 0. The van der Waals surface area contributed by atoms with E-state index in [9.17, 15) is 5.48 Å². The largest absolute Gasteiger partial charge is 0.0629 e. The van der Waals surface area contributed by atoms with Gasteiger partial charge >= 0.3 is 0 Å². The van der Waals surface area contributed by atoms with E-state index in [1.165, 1.54) is 120 Å². The number of rotatable bonds is 6. The zero-order chi connectivity index (χ0) is 68.4. The molecule has 0 heterocycles. The lowest BCUT2D eigenvalue weighted by molar-refractivity contribution is 0.661. The van der Waals surface area contributed by atoms with E-state index in [0.717, 1.165) is 32.7 Å². The van der Waals surface area contributed by atoms with E-state index in [-0.39, 0.29) is 51.1 Å². The number of fused-ring (bicyclic) bond motifs is 7. The smallest absolute Gasteiger partial charge is 0.0616 e. The number of hydrogen-bond acceptors (Lipinski definition) is 0. The third-order valence-electron chi connectivity index (χ3n) is 20.3. The summed E-state index contributed by atoms with van der Waals surface area (Å²) in [5.41, 5.74) is 16.8. The van der Waals surface area contributed by atoms with Crippen molar-refractivity contribution in [1.82, 2.24) is 0 Å². The summed E-state index contributed by atoms with van der Waals surface area (Å²) in [6.07, 6.45) is 0. The molecule has 0 heteroatoms. The van der Waals surface area contributed by atoms with Gasteiger partial charge in [-0.05, 0) is 215 Å². The van der Waals surface area contributed by atoms with E-state index >= 15 is 0 Å². The van der Waals surface area contributed by atoms with Crippen LogP contribution in [0, 0.1) is 0 Å². The Morgan fingerprint density at radius 1 is 0.215 bits per heavy atom. The molecule has 0 aromatic heterocycles. The molecule has 0 N–H and O–H groups in total. The Morgan fingerprint density at radius 2 is 0.581 bits per heavy atom. The predicted molar refractivity (Wildman–Crippen MR) is 400 cm³/mol. The van der Waals surface area contributed by atoms with Gasteiger partial charge in [-0.15, -0.1) is 0 Å². The molecular weight excluding hydrogens is 1120 g/mol. The van der Waals surface area contributed by atoms with Gasteiger partial charge in [-0.3, -0.25) is 0 Å². The van der Waals surface area contributed by atoms with Gasteiger partial charge in [0, 0.05) is 5.41 Å². The van der Waals surface area contributed by atoms with Gasteiger partial charge in [0.15, 0.2) is 0 Å². The van der Waals surface area contributed by atoms with E-state index in [0.29, 0.717) is 22.3 Å². The molecule has 0 unspecified atom stereocenters. The minimum Gasteiger partial charge on any atom is -0.0616 e. The minimum absolute atomic E-state index is 0.123. The first-order chi connectivity index (χ1) is 49.2. The molecular formula is C93H60. The van der Waals surface area contributed by atoms with E-state index in [1.54, 1.807) is 0 Å². The third-order valence-corrected chi connectivity index (χ3v) is 20.3. The second-order valence-corrected chi connectivity index (χ2v) is 25.6. The van der Waals surface area contributed by atoms with Gasteiger partial charge in [0.25, 0.3) is 0 Å². The first-order valence-corrected chi connectivity index (χ1v) is 32.0. The summed E-state index contributed by atoms with van der Waals surface area (Å²) in [6.45, 7) is 4.79. The highest BCUT2D eigenvalue weighted by Crippen LogP contribution is 2.52. The van der Waals surface area contributed by atoms with Crippen molar-refractivity contribution in [2.45, 2.75) is 19.3 Å². The Kier molecular flexibility index (Phi) is 10.1. The molecule has 1 aliphatic carbocycles. The molecule has 1 aliphatic rings. The summed E-state index contributed by atoms with van der Waals surface area (Å²) in [5.74, 6) is 0. The van der Waals surface area contributed by atoms with Crippen LogP contribution < -0.4 is 0 Å². The second kappa shape index (κ2) is 20.7. The SMILES string of the molecule is CC1(C)c2cc(-c3ccc(-c4ccc5ccc6cccc7ccc4c5c67)cc3)ccc2-c2ccc(-c3ccc4ccc5cccc6ccc3c4c56)cc21.[2H]c1c([2H])c([2H])c2c(-c3cccc4ccccc34)c3c([2H])c([2H])c([2H])c([2H])c3c(-c3ccc(-c4ccc5ccccc5c4)cc3)c2c1[2H]. The molecule has 0 amide bonds. The summed E-state index contributed by atoms with van der Waals surface area (Å²) in [4.78, 5) is 0. The molecule has 0 bridgehead atoms. The fraction of sp³-hybridized carbons (Fsp3) is 0.0323. The topological polar surface area (TPSA) is 0 Å². The van der Waals surface area contributed by atoms with Crippen molar-refractivity contribution in [1.29, 1.82) is 0 Å². The maximum absolute atomic E-state index is 9.21. The molecule has 0 saturated heterocycles. The predicted octanol–water partition coefficient (Wildman–Crippen LogP) is 26.1. The lowest BCUT2D eigenvalue weighted by atomic mass is 9.80. The summed E-state index contributed by atoms with van der Waals surface area (Å²) in [6, 6.07) is 96.7. The van der Waals surface area contributed by atoms with Crippen LogP contribution in [0.5, 0.6) is 0 Å². The molecule has 0 atom stereocenters. The molecule has 20 rings (SSSR count). The van der Waals surface area contributed by atoms with Gasteiger partial charge < -0.3 is 0 Å². The van der Waals surface area contributed by atoms with Crippen LogP contribution in [0.4, 0.5) is 0 Å². The third kappa shape index (κ3) is 8.32. The zero-order valence-corrected chi connectivity index (χ0v) is 51.1. The average Bonchev–Trinajstić information content (AvgIpc) is 1.32. The highest BCUT2D eigenvalue weighted by atomic mass is 14.4. The van der Waals surface area contributed by atoms with Crippen molar-refractivity contribution in [3.63, 3.8) is 0 Å². The van der Waals surface area contributed by atoms with Gasteiger partial charge in [-0.2, -0.15) is 0 Å². The second-order valence-electron chi connectivity index (χ2n) is 25.6. The summed E-state index contributed by atoms with van der Waals surface area (Å²) < 4.78 is 71.5. The van der Waals surface area contributed by atoms with Crippen molar-refractivity contribution in [2.24, 2.45) is 0 Å². The van der Waals surface area contributed by atoms with Crippen molar-refractivity contribution >= 4 is 108 Å². The van der Waals surface area contributed by atoms with Crippen LogP contribution in [-0.4, -0.2) is 0 Å². The molecule has 0 aliphatic heterocycles. The summed E-state index contributed by atoms with van der Waals surface area (Å²) in [7, 11) is 0. The van der Waals surface area contributed by atoms with E-state index in [4.69, 9.17) is 5.48 Å². The molecule has 0 nitrogen and oxygen atoms in total. The molecule has 19 aromatic carbocycles. The fourth-order valence-corrected chi connectivity index (χ4v) is 15.7. The highest BCUT2D eigenvalue weighted by molar-refractivity contribution is 6.28. The molecule has 0 radical (unpaired) electrons. The Labute approximate surface area is 551 Å². The Balaban J connectivity index is 0.000000141. The van der Waals surface area contributed by atoms with E-state index in [2.05, 4.69) is 208 Å². The van der Waals surface area contributed by atoms with Gasteiger partial charge in [0.2, 0.25) is 0 Å². The first-order valence-electron chi connectivity index (χ1n) is 36.0. The molecule has 0 spiro atoms. The Hall–Kier alpha value is -11.7. The summed E-state index contributed by atoms with van der Waals surface area (Å²) >= 11 is 0. The maximum Gasteiger partial charge on any atom is 0.0629 e. The lowest BCUT2D eigenvalue weighted by Crippen LogP contribution is -2.15. The number of benzene rings is 19. The van der Waals surface area contributed by atoms with Crippen molar-refractivity contribution in [3.8, 4) is 77.9 Å². The monoisotopic (exact) mass is 1180 g/mol. The van der Waals surface area contributed by atoms with E-state index in [1.807, 2.05) is 84.9 Å². The van der Waals surface area contributed by atoms with Crippen LogP contribution in [0.1, 0.15) is 35.9 Å². The Bertz CT molecular complexity index is 6630. The van der Waals surface area contributed by atoms with Gasteiger partial charge in [0.1, 0.15) is 0 Å². The van der Waals surface area contributed by atoms with Gasteiger partial charge in [0.05, 0.1) is 11.0 Å². The molecule has 0 fully saturated rings. The quantitative estimate of drug-likeness (QED) is 0.115. The maximum atomic E-state index is 9.21. The molecule has 19 aromatic rings. The molecule has 93 heavy (non-hydrogen) atoms. The average molecular weight is 1190 g/mol. The van der Waals surface area contributed by atoms with Crippen molar-refractivity contribution in [2.75, 3.05) is 0 Å². The van der Waals surface area contributed by atoms with Crippen LogP contribution in [0.15, 0.2) is 327 Å². The van der Waals surface area contributed by atoms with Crippen LogP contribution in [0.25, 0.3) is 186 Å². The van der Waals surface area contributed by atoms with Gasteiger partial charge in [-0.25, -0.2) is 0 Å². The normalized spacial score (nSPS) is 13.9. The van der Waals surface area contributed by atoms with Crippen LogP contribution >= 0.6 is 0 Å². The minimum atomic E-state index is -0.411. The summed E-state index contributed by atoms with van der Waals surface area (Å²) in [5, 5.41) is 20.7. The van der Waals surface area contributed by atoms with Crippen LogP contribution in [0.3, 0.4) is 0 Å². The fourth-order valence-electron chi connectivity index (χ4n) is 15.7. The lowest BCUT2D eigenvalue weighted by Gasteiger charge is -2.23. The Morgan fingerprint density at radius 3 is 1.16 bits per heavy atom. The first kappa shape index (κ1) is 45.5. The van der Waals surface area contributed by atoms with Crippen molar-refractivity contribution < 1.29 is 11.0 Å². The molecule has 432 valence electrons. The van der Waals surface area contributed by atoms with Crippen molar-refractivity contribution in [3.05, 3.63) is 339 Å². The standard InChI is InChI=1S/C53H34.C40H26/c1-53(2)47-29-39(31-9-11-32(12-10-31)41-23-17-37-15-13-33-5-3-7-35-19-27-45(41)51(37)49(33)35)21-25-43(47)44-26-22-40(30-48(44)53)42-24-18-38-16-14-34-6-4-8-36-20-28-46(42)52(38)50(34)36;1-2-12-31-26-32(25-22-27(31)10-1)28-20-23-30(24-21-28)39-35-15-5-7-17-37(35)40(38-18-8-6-16-36(38)39)34-19-9-13-29-11-3-4-14-33(29)34/h3-30H,1-2H3;1-26H/i;5D,6D,7D,8D,15D,16D,17D,18D. The van der Waals surface area contributed by atoms with E-state index < -0.39 is 24.2 Å². The van der Waals surface area contributed by atoms with Crippen LogP contribution in [0.2, 0.25) is 0 Å². The van der Waals surface area contributed by atoms with Crippen LogP contribution in [-0.2, 0) is 5.41 Å². The molecule has 0 saturated carbocycles.